The Morgan fingerprint density at radius 3 is 2.67 bits per heavy atom. The summed E-state index contributed by atoms with van der Waals surface area (Å²) >= 11 is 4.85. The van der Waals surface area contributed by atoms with Crippen LogP contribution in [0.2, 0.25) is 0 Å². The lowest BCUT2D eigenvalue weighted by Gasteiger charge is -2.17. The fourth-order valence-corrected chi connectivity index (χ4v) is 2.73. The molecule has 0 aliphatic heterocycles. The molecule has 0 aliphatic rings. The summed E-state index contributed by atoms with van der Waals surface area (Å²) < 4.78 is 0.952. The molecule has 1 N–H and O–H groups in total. The summed E-state index contributed by atoms with van der Waals surface area (Å²) in [6, 6.07) is 9.55. The van der Waals surface area contributed by atoms with Gasteiger partial charge in [0.2, 0.25) is 0 Å². The third-order valence-corrected chi connectivity index (χ3v) is 3.97. The highest BCUT2D eigenvalue weighted by Gasteiger charge is 2.11. The van der Waals surface area contributed by atoms with Gasteiger partial charge in [0.1, 0.15) is 0 Å². The number of carbonyl (C=O) groups excluding carboxylic acids is 1. The lowest BCUT2D eigenvalue weighted by molar-refractivity contribution is 0.102. The number of hydrogen-bond donors (Lipinski definition) is 1. The molecule has 0 bridgehead atoms. The van der Waals surface area contributed by atoms with Crippen molar-refractivity contribution in [3.63, 3.8) is 0 Å². The van der Waals surface area contributed by atoms with Gasteiger partial charge in [0.25, 0.3) is 5.91 Å². The number of halogens is 1. The zero-order valence-corrected chi connectivity index (χ0v) is 12.5. The lowest BCUT2D eigenvalue weighted by atomic mass is 10.2. The van der Waals surface area contributed by atoms with Gasteiger partial charge in [-0.15, -0.1) is 11.3 Å². The number of rotatable bonds is 3. The smallest absolute Gasteiger partial charge is 0.256 e. The molecular weight excluding hydrogens is 312 g/mol. The second-order valence-corrected chi connectivity index (χ2v) is 6.30. The van der Waals surface area contributed by atoms with E-state index in [1.165, 1.54) is 11.3 Å². The number of thiophene rings is 1. The average molecular weight is 325 g/mol. The Labute approximate surface area is 119 Å². The van der Waals surface area contributed by atoms with Crippen LogP contribution in [0.3, 0.4) is 0 Å². The summed E-state index contributed by atoms with van der Waals surface area (Å²) in [6.07, 6.45) is 0. The molecule has 1 aromatic carbocycles. The van der Waals surface area contributed by atoms with E-state index in [-0.39, 0.29) is 5.91 Å². The van der Waals surface area contributed by atoms with Gasteiger partial charge in [0.15, 0.2) is 0 Å². The van der Waals surface area contributed by atoms with Gasteiger partial charge in [0.05, 0.1) is 20.7 Å². The Morgan fingerprint density at radius 1 is 1.33 bits per heavy atom. The second kappa shape index (κ2) is 5.54. The molecule has 1 aromatic heterocycles. The molecule has 0 saturated heterocycles. The van der Waals surface area contributed by atoms with E-state index in [0.717, 1.165) is 15.2 Å². The van der Waals surface area contributed by atoms with Crippen LogP contribution in [-0.4, -0.2) is 20.0 Å². The first-order valence-electron chi connectivity index (χ1n) is 5.39. The van der Waals surface area contributed by atoms with Crippen molar-refractivity contribution in [1.29, 1.82) is 0 Å². The molecule has 0 atom stereocenters. The Bertz CT molecular complexity index is 566. The molecule has 5 heteroatoms. The van der Waals surface area contributed by atoms with Gasteiger partial charge < -0.3 is 10.2 Å². The number of carbonyl (C=O) groups is 1. The van der Waals surface area contributed by atoms with Gasteiger partial charge in [-0.25, -0.2) is 0 Å². The largest absolute Gasteiger partial charge is 0.376 e. The molecule has 0 fully saturated rings. The lowest BCUT2D eigenvalue weighted by Crippen LogP contribution is -2.16. The van der Waals surface area contributed by atoms with Crippen LogP contribution in [0.15, 0.2) is 39.5 Å². The van der Waals surface area contributed by atoms with Gasteiger partial charge >= 0.3 is 0 Å². The Balaban J connectivity index is 2.22. The number of amides is 1. The molecule has 18 heavy (non-hydrogen) atoms. The SMILES string of the molecule is CN(C)c1ccccc1NC(=O)c1csc(Br)c1. The predicted molar refractivity (Wildman–Crippen MR) is 80.7 cm³/mol. The van der Waals surface area contributed by atoms with Crippen LogP contribution in [0.25, 0.3) is 0 Å². The van der Waals surface area contributed by atoms with Gasteiger partial charge in [-0.2, -0.15) is 0 Å². The first-order valence-corrected chi connectivity index (χ1v) is 7.07. The minimum Gasteiger partial charge on any atom is -0.376 e. The number of anilines is 2. The highest BCUT2D eigenvalue weighted by molar-refractivity contribution is 9.11. The highest BCUT2D eigenvalue weighted by Crippen LogP contribution is 2.25. The number of hydrogen-bond acceptors (Lipinski definition) is 3. The first kappa shape index (κ1) is 13.1. The molecule has 0 aliphatic carbocycles. The topological polar surface area (TPSA) is 32.3 Å². The van der Waals surface area contributed by atoms with Crippen LogP contribution in [-0.2, 0) is 0 Å². The van der Waals surface area contributed by atoms with Gasteiger partial charge in [0, 0.05) is 19.5 Å². The van der Waals surface area contributed by atoms with E-state index in [1.54, 1.807) is 0 Å². The van der Waals surface area contributed by atoms with Crippen molar-refractivity contribution >= 4 is 44.5 Å². The molecule has 1 amide bonds. The number of benzene rings is 1. The minimum absolute atomic E-state index is 0.0914. The van der Waals surface area contributed by atoms with Gasteiger partial charge in [-0.1, -0.05) is 12.1 Å². The standard InChI is InChI=1S/C13H13BrN2OS/c1-16(2)11-6-4-3-5-10(11)15-13(17)9-7-12(14)18-8-9/h3-8H,1-2H3,(H,15,17). The van der Waals surface area contributed by atoms with Crippen LogP contribution in [0.4, 0.5) is 11.4 Å². The zero-order valence-electron chi connectivity index (χ0n) is 10.1. The minimum atomic E-state index is -0.0914. The molecule has 2 rings (SSSR count). The van der Waals surface area contributed by atoms with Crippen molar-refractivity contribution in [2.24, 2.45) is 0 Å². The van der Waals surface area contributed by atoms with Crippen molar-refractivity contribution in [3.05, 3.63) is 45.1 Å². The summed E-state index contributed by atoms with van der Waals surface area (Å²) in [5.74, 6) is -0.0914. The fraction of sp³-hybridized carbons (Fsp3) is 0.154. The number of para-hydroxylation sites is 2. The van der Waals surface area contributed by atoms with Crippen LogP contribution < -0.4 is 10.2 Å². The third-order valence-electron chi connectivity index (χ3n) is 2.46. The molecule has 3 nitrogen and oxygen atoms in total. The monoisotopic (exact) mass is 324 g/mol. The van der Waals surface area contributed by atoms with Crippen LogP contribution in [0.5, 0.6) is 0 Å². The van der Waals surface area contributed by atoms with Gasteiger partial charge in [-0.05, 0) is 34.1 Å². The summed E-state index contributed by atoms with van der Waals surface area (Å²) in [4.78, 5) is 14.0. The molecule has 1 heterocycles. The number of nitrogens with one attached hydrogen (secondary N) is 1. The molecule has 94 valence electrons. The molecule has 2 aromatic rings. The van der Waals surface area contributed by atoms with Crippen LogP contribution in [0.1, 0.15) is 10.4 Å². The highest BCUT2D eigenvalue weighted by atomic mass is 79.9. The molecule has 0 saturated carbocycles. The second-order valence-electron chi connectivity index (χ2n) is 4.01. The molecular formula is C13H13BrN2OS. The Hall–Kier alpha value is -1.33. The van der Waals surface area contributed by atoms with E-state index in [0.29, 0.717) is 5.56 Å². The van der Waals surface area contributed by atoms with E-state index < -0.39 is 0 Å². The fourth-order valence-electron chi connectivity index (χ4n) is 1.59. The van der Waals surface area contributed by atoms with Crippen molar-refractivity contribution in [2.45, 2.75) is 0 Å². The molecule has 0 radical (unpaired) electrons. The van der Waals surface area contributed by atoms with Crippen molar-refractivity contribution in [2.75, 3.05) is 24.3 Å². The normalized spacial score (nSPS) is 10.2. The van der Waals surface area contributed by atoms with E-state index in [1.807, 2.05) is 54.7 Å². The van der Waals surface area contributed by atoms with Crippen molar-refractivity contribution < 1.29 is 4.79 Å². The summed E-state index contributed by atoms with van der Waals surface area (Å²) in [5, 5.41) is 4.76. The summed E-state index contributed by atoms with van der Waals surface area (Å²) in [7, 11) is 3.90. The first-order chi connectivity index (χ1) is 8.58. The van der Waals surface area contributed by atoms with E-state index in [9.17, 15) is 4.79 Å². The van der Waals surface area contributed by atoms with E-state index in [4.69, 9.17) is 0 Å². The van der Waals surface area contributed by atoms with Crippen LogP contribution in [0, 0.1) is 0 Å². The maximum absolute atomic E-state index is 12.1. The third kappa shape index (κ3) is 2.91. The Morgan fingerprint density at radius 2 is 2.06 bits per heavy atom. The summed E-state index contributed by atoms with van der Waals surface area (Å²) in [6.45, 7) is 0. The average Bonchev–Trinajstić information content (AvgIpc) is 2.76. The maximum atomic E-state index is 12.1. The molecule has 0 unspecified atom stereocenters. The van der Waals surface area contributed by atoms with Crippen LogP contribution >= 0.6 is 27.3 Å². The van der Waals surface area contributed by atoms with E-state index in [2.05, 4.69) is 21.2 Å². The predicted octanol–water partition coefficient (Wildman–Crippen LogP) is 3.83. The maximum Gasteiger partial charge on any atom is 0.256 e. The van der Waals surface area contributed by atoms with Crippen molar-refractivity contribution in [1.82, 2.24) is 0 Å². The number of nitrogens with zero attached hydrogens (tertiary/aromatic N) is 1. The summed E-state index contributed by atoms with van der Waals surface area (Å²) in [5.41, 5.74) is 2.47. The quantitative estimate of drug-likeness (QED) is 0.930. The molecule has 0 spiro atoms. The van der Waals surface area contributed by atoms with Crippen molar-refractivity contribution in [3.8, 4) is 0 Å². The Kier molecular flexibility index (Phi) is 4.04. The van der Waals surface area contributed by atoms with Gasteiger partial charge in [-0.3, -0.25) is 4.79 Å². The zero-order chi connectivity index (χ0) is 13.1. The van der Waals surface area contributed by atoms with E-state index >= 15 is 0 Å².